The normalized spacial score (nSPS) is 37.8. The fraction of sp³-hybridized carbons (Fsp3) is 1.00. The number of hydrogen-bond donors (Lipinski definition) is 1. The number of aliphatic hydroxyl groups is 1. The minimum atomic E-state index is -0.868. The second-order valence-corrected chi connectivity index (χ2v) is 6.46. The highest BCUT2D eigenvalue weighted by atomic mass is 32.2. The Kier molecular flexibility index (Phi) is 3.92. The molecular weight excluding hydrogens is 184 g/mol. The zero-order valence-corrected chi connectivity index (χ0v) is 9.51. The summed E-state index contributed by atoms with van der Waals surface area (Å²) in [5.74, 6) is 0.409. The van der Waals surface area contributed by atoms with Crippen molar-refractivity contribution in [1.82, 2.24) is 0 Å². The van der Waals surface area contributed by atoms with Gasteiger partial charge in [0.1, 0.15) is 0 Å². The van der Waals surface area contributed by atoms with Gasteiger partial charge in [0.2, 0.25) is 0 Å². The van der Waals surface area contributed by atoms with Gasteiger partial charge in [0.15, 0.2) is 0 Å². The molecule has 1 fully saturated rings. The SMILES string of the molecule is CC1CCCC(O)C1S(=O)C(C)C. The van der Waals surface area contributed by atoms with E-state index in [0.29, 0.717) is 5.92 Å². The lowest BCUT2D eigenvalue weighted by atomic mass is 9.88. The van der Waals surface area contributed by atoms with Crippen LogP contribution in [0.2, 0.25) is 0 Å². The van der Waals surface area contributed by atoms with Crippen molar-refractivity contribution >= 4 is 10.8 Å². The van der Waals surface area contributed by atoms with Crippen LogP contribution >= 0.6 is 0 Å². The molecule has 4 atom stereocenters. The summed E-state index contributed by atoms with van der Waals surface area (Å²) < 4.78 is 11.9. The zero-order valence-electron chi connectivity index (χ0n) is 8.69. The zero-order chi connectivity index (χ0) is 10.0. The molecule has 0 heterocycles. The Morgan fingerprint density at radius 1 is 1.38 bits per heavy atom. The van der Waals surface area contributed by atoms with Crippen molar-refractivity contribution in [3.8, 4) is 0 Å². The van der Waals surface area contributed by atoms with Gasteiger partial charge < -0.3 is 5.11 Å². The van der Waals surface area contributed by atoms with Crippen LogP contribution < -0.4 is 0 Å². The first-order valence-electron chi connectivity index (χ1n) is 5.11. The Morgan fingerprint density at radius 2 is 2.00 bits per heavy atom. The van der Waals surface area contributed by atoms with Crippen LogP contribution in [0, 0.1) is 5.92 Å². The summed E-state index contributed by atoms with van der Waals surface area (Å²) in [7, 11) is -0.868. The van der Waals surface area contributed by atoms with Crippen molar-refractivity contribution in [3.63, 3.8) is 0 Å². The van der Waals surface area contributed by atoms with Crippen LogP contribution in [0.5, 0.6) is 0 Å². The summed E-state index contributed by atoms with van der Waals surface area (Å²) in [4.78, 5) is 0. The average molecular weight is 204 g/mol. The summed E-state index contributed by atoms with van der Waals surface area (Å²) in [6, 6.07) is 0. The molecule has 78 valence electrons. The average Bonchev–Trinajstić information content (AvgIpc) is 2.03. The molecule has 0 aromatic rings. The molecule has 0 saturated heterocycles. The predicted molar refractivity (Wildman–Crippen MR) is 56.1 cm³/mol. The largest absolute Gasteiger partial charge is 0.392 e. The first kappa shape index (κ1) is 11.2. The van der Waals surface area contributed by atoms with Crippen molar-refractivity contribution in [1.29, 1.82) is 0 Å². The van der Waals surface area contributed by atoms with Crippen LogP contribution in [-0.4, -0.2) is 25.9 Å². The Bertz CT molecular complexity index is 181. The molecule has 3 heteroatoms. The van der Waals surface area contributed by atoms with E-state index in [1.807, 2.05) is 13.8 Å². The second-order valence-electron chi connectivity index (χ2n) is 4.32. The topological polar surface area (TPSA) is 37.3 Å². The first-order chi connectivity index (χ1) is 6.04. The van der Waals surface area contributed by atoms with E-state index >= 15 is 0 Å². The van der Waals surface area contributed by atoms with Crippen molar-refractivity contribution in [3.05, 3.63) is 0 Å². The summed E-state index contributed by atoms with van der Waals surface area (Å²) in [5.41, 5.74) is 0. The molecule has 1 rings (SSSR count). The van der Waals surface area contributed by atoms with E-state index in [4.69, 9.17) is 0 Å². The maximum absolute atomic E-state index is 11.9. The van der Waals surface area contributed by atoms with E-state index in [1.165, 1.54) is 0 Å². The van der Waals surface area contributed by atoms with Gasteiger partial charge in [0.25, 0.3) is 0 Å². The lowest BCUT2D eigenvalue weighted by molar-refractivity contribution is 0.112. The highest BCUT2D eigenvalue weighted by Crippen LogP contribution is 2.29. The minimum Gasteiger partial charge on any atom is -0.392 e. The van der Waals surface area contributed by atoms with Crippen LogP contribution in [0.4, 0.5) is 0 Å². The molecule has 0 aromatic heterocycles. The lowest BCUT2D eigenvalue weighted by Gasteiger charge is -2.33. The molecule has 0 radical (unpaired) electrons. The molecule has 2 nitrogen and oxygen atoms in total. The fourth-order valence-corrected chi connectivity index (χ4v) is 3.72. The van der Waals surface area contributed by atoms with Crippen molar-refractivity contribution in [2.45, 2.75) is 56.6 Å². The molecule has 13 heavy (non-hydrogen) atoms. The number of hydrogen-bond acceptors (Lipinski definition) is 2. The Hall–Kier alpha value is 0.110. The molecular formula is C10H20O2S. The molecule has 0 amide bonds. The monoisotopic (exact) mass is 204 g/mol. The Labute approximate surface area is 83.2 Å². The maximum atomic E-state index is 11.9. The van der Waals surface area contributed by atoms with E-state index < -0.39 is 10.8 Å². The highest BCUT2D eigenvalue weighted by Gasteiger charge is 2.34. The molecule has 0 bridgehead atoms. The maximum Gasteiger partial charge on any atom is 0.0686 e. The van der Waals surface area contributed by atoms with Gasteiger partial charge >= 0.3 is 0 Å². The third-order valence-electron chi connectivity index (χ3n) is 2.83. The molecule has 0 aromatic carbocycles. The quantitative estimate of drug-likeness (QED) is 0.743. The van der Waals surface area contributed by atoms with Gasteiger partial charge in [-0.3, -0.25) is 4.21 Å². The Morgan fingerprint density at radius 3 is 2.46 bits per heavy atom. The van der Waals surface area contributed by atoms with Crippen LogP contribution in [-0.2, 0) is 10.8 Å². The van der Waals surface area contributed by atoms with E-state index in [9.17, 15) is 9.32 Å². The summed E-state index contributed by atoms with van der Waals surface area (Å²) in [6.07, 6.45) is 2.67. The van der Waals surface area contributed by atoms with E-state index in [1.54, 1.807) is 0 Å². The van der Waals surface area contributed by atoms with Gasteiger partial charge in [0.05, 0.1) is 11.4 Å². The van der Waals surface area contributed by atoms with Gasteiger partial charge in [-0.05, 0) is 18.8 Å². The lowest BCUT2D eigenvalue weighted by Crippen LogP contribution is -2.41. The van der Waals surface area contributed by atoms with Gasteiger partial charge in [-0.2, -0.15) is 0 Å². The van der Waals surface area contributed by atoms with E-state index in [0.717, 1.165) is 19.3 Å². The van der Waals surface area contributed by atoms with Crippen LogP contribution in [0.15, 0.2) is 0 Å². The van der Waals surface area contributed by atoms with Gasteiger partial charge in [-0.1, -0.05) is 27.2 Å². The molecule has 1 saturated carbocycles. The van der Waals surface area contributed by atoms with Crippen molar-refractivity contribution in [2.24, 2.45) is 5.92 Å². The van der Waals surface area contributed by atoms with Gasteiger partial charge in [-0.15, -0.1) is 0 Å². The number of rotatable bonds is 2. The standard InChI is InChI=1S/C10H20O2S/c1-7(2)13(12)10-8(3)5-4-6-9(10)11/h7-11H,4-6H2,1-3H3. The molecule has 1 aliphatic carbocycles. The molecule has 1 aliphatic rings. The second kappa shape index (κ2) is 4.56. The smallest absolute Gasteiger partial charge is 0.0686 e. The van der Waals surface area contributed by atoms with E-state index in [2.05, 4.69) is 6.92 Å². The third kappa shape index (κ3) is 2.53. The summed E-state index contributed by atoms with van der Waals surface area (Å²) >= 11 is 0. The number of aliphatic hydroxyl groups excluding tert-OH is 1. The molecule has 0 aliphatic heterocycles. The van der Waals surface area contributed by atoms with Gasteiger partial charge in [-0.25, -0.2) is 0 Å². The van der Waals surface area contributed by atoms with Crippen LogP contribution in [0.1, 0.15) is 40.0 Å². The molecule has 0 spiro atoms. The minimum absolute atomic E-state index is 0.00810. The summed E-state index contributed by atoms with van der Waals surface area (Å²) in [5, 5.41) is 9.94. The molecule has 4 unspecified atom stereocenters. The van der Waals surface area contributed by atoms with Crippen LogP contribution in [0.25, 0.3) is 0 Å². The van der Waals surface area contributed by atoms with Crippen molar-refractivity contribution < 1.29 is 9.32 Å². The predicted octanol–water partition coefficient (Wildman–Crippen LogP) is 1.69. The third-order valence-corrected chi connectivity index (χ3v) is 5.08. The highest BCUT2D eigenvalue weighted by molar-refractivity contribution is 7.86. The van der Waals surface area contributed by atoms with Gasteiger partial charge in [0, 0.05) is 16.0 Å². The molecule has 1 N–H and O–H groups in total. The van der Waals surface area contributed by atoms with Crippen LogP contribution in [0.3, 0.4) is 0 Å². The Balaban J connectivity index is 2.68. The fourth-order valence-electron chi connectivity index (χ4n) is 2.05. The summed E-state index contributed by atoms with van der Waals surface area (Å²) in [6.45, 7) is 6.03. The van der Waals surface area contributed by atoms with E-state index in [-0.39, 0.29) is 16.6 Å². The van der Waals surface area contributed by atoms with Crippen molar-refractivity contribution in [2.75, 3.05) is 0 Å². The first-order valence-corrected chi connectivity index (χ1v) is 6.39.